The number of carbonyl (C=O) groups is 1. The van der Waals surface area contributed by atoms with E-state index in [1.807, 2.05) is 20.8 Å². The summed E-state index contributed by atoms with van der Waals surface area (Å²) in [7, 11) is 0. The van der Waals surface area contributed by atoms with Crippen LogP contribution in [0.3, 0.4) is 0 Å². The fraction of sp³-hybridized carbons (Fsp3) is 0.909. The highest BCUT2D eigenvalue weighted by molar-refractivity contribution is 5.76. The van der Waals surface area contributed by atoms with Gasteiger partial charge in [-0.05, 0) is 27.2 Å². The summed E-state index contributed by atoms with van der Waals surface area (Å²) in [6.07, 6.45) is 0.757. The van der Waals surface area contributed by atoms with Crippen LogP contribution in [0.4, 0.5) is 0 Å². The molecule has 1 N–H and O–H groups in total. The third kappa shape index (κ3) is 3.18. The smallest absolute Gasteiger partial charge is 0.311 e. The van der Waals surface area contributed by atoms with Gasteiger partial charge in [-0.25, -0.2) is 0 Å². The summed E-state index contributed by atoms with van der Waals surface area (Å²) in [4.78, 5) is 11.7. The monoisotopic (exact) mass is 216 g/mol. The summed E-state index contributed by atoms with van der Waals surface area (Å²) in [5.74, 6) is -1.38. The van der Waals surface area contributed by atoms with Crippen molar-refractivity contribution in [2.24, 2.45) is 5.41 Å². The SMILES string of the molecule is CCC(C)(C)C(=O)OC1COC(C)(O)C1. The molecule has 15 heavy (non-hydrogen) atoms. The topological polar surface area (TPSA) is 55.8 Å². The van der Waals surface area contributed by atoms with E-state index in [0.29, 0.717) is 6.42 Å². The predicted octanol–water partition coefficient (Wildman–Crippen LogP) is 1.46. The van der Waals surface area contributed by atoms with Gasteiger partial charge in [0.1, 0.15) is 6.10 Å². The Kier molecular flexibility index (Phi) is 3.41. The largest absolute Gasteiger partial charge is 0.459 e. The van der Waals surface area contributed by atoms with E-state index in [9.17, 15) is 9.90 Å². The summed E-state index contributed by atoms with van der Waals surface area (Å²) >= 11 is 0. The lowest BCUT2D eigenvalue weighted by Gasteiger charge is -2.22. The Bertz CT molecular complexity index is 245. The molecule has 1 rings (SSSR count). The van der Waals surface area contributed by atoms with E-state index in [0.717, 1.165) is 6.42 Å². The van der Waals surface area contributed by atoms with Crippen LogP contribution >= 0.6 is 0 Å². The van der Waals surface area contributed by atoms with Crippen LogP contribution in [0.5, 0.6) is 0 Å². The highest BCUT2D eigenvalue weighted by Gasteiger charge is 2.38. The van der Waals surface area contributed by atoms with E-state index >= 15 is 0 Å². The number of hydrogen-bond donors (Lipinski definition) is 1. The third-order valence-electron chi connectivity index (χ3n) is 2.90. The number of hydrogen-bond acceptors (Lipinski definition) is 4. The zero-order chi connectivity index (χ0) is 11.7. The predicted molar refractivity (Wildman–Crippen MR) is 55.1 cm³/mol. The van der Waals surface area contributed by atoms with Crippen molar-refractivity contribution in [2.75, 3.05) is 6.61 Å². The zero-order valence-electron chi connectivity index (χ0n) is 9.87. The van der Waals surface area contributed by atoms with Crippen LogP contribution in [0.2, 0.25) is 0 Å². The number of esters is 1. The lowest BCUT2D eigenvalue weighted by molar-refractivity contribution is -0.159. The van der Waals surface area contributed by atoms with Gasteiger partial charge in [0.15, 0.2) is 5.79 Å². The molecule has 1 fully saturated rings. The van der Waals surface area contributed by atoms with Crippen LogP contribution < -0.4 is 0 Å². The normalized spacial score (nSPS) is 31.7. The van der Waals surface area contributed by atoms with Crippen molar-refractivity contribution in [1.82, 2.24) is 0 Å². The van der Waals surface area contributed by atoms with Gasteiger partial charge in [0.2, 0.25) is 0 Å². The van der Waals surface area contributed by atoms with Crippen molar-refractivity contribution < 1.29 is 19.4 Å². The Morgan fingerprint density at radius 2 is 2.27 bits per heavy atom. The Morgan fingerprint density at radius 1 is 1.67 bits per heavy atom. The summed E-state index contributed by atoms with van der Waals surface area (Å²) in [6, 6.07) is 0. The molecule has 2 atom stereocenters. The third-order valence-corrected chi connectivity index (χ3v) is 2.90. The van der Waals surface area contributed by atoms with Crippen molar-refractivity contribution >= 4 is 5.97 Å². The molecule has 4 nitrogen and oxygen atoms in total. The van der Waals surface area contributed by atoms with E-state index in [-0.39, 0.29) is 18.7 Å². The van der Waals surface area contributed by atoms with Gasteiger partial charge in [-0.15, -0.1) is 0 Å². The fourth-order valence-electron chi connectivity index (χ4n) is 1.34. The molecule has 0 saturated carbocycles. The molecule has 0 bridgehead atoms. The van der Waals surface area contributed by atoms with E-state index in [1.165, 1.54) is 0 Å². The van der Waals surface area contributed by atoms with Gasteiger partial charge >= 0.3 is 5.97 Å². The molecule has 4 heteroatoms. The first-order valence-electron chi connectivity index (χ1n) is 5.34. The summed E-state index contributed by atoms with van der Waals surface area (Å²) in [5.41, 5.74) is -0.464. The van der Waals surface area contributed by atoms with E-state index in [2.05, 4.69) is 0 Å². The molecule has 1 heterocycles. The van der Waals surface area contributed by atoms with Gasteiger partial charge in [-0.2, -0.15) is 0 Å². The van der Waals surface area contributed by atoms with Crippen LogP contribution in [0.15, 0.2) is 0 Å². The van der Waals surface area contributed by atoms with Gasteiger partial charge in [0, 0.05) is 6.42 Å². The van der Waals surface area contributed by atoms with E-state index in [1.54, 1.807) is 6.92 Å². The molecular weight excluding hydrogens is 196 g/mol. The summed E-state index contributed by atoms with van der Waals surface area (Å²) in [5, 5.41) is 9.52. The first kappa shape index (κ1) is 12.5. The molecule has 0 aliphatic carbocycles. The molecule has 2 unspecified atom stereocenters. The van der Waals surface area contributed by atoms with E-state index < -0.39 is 11.2 Å². The fourth-order valence-corrected chi connectivity index (χ4v) is 1.34. The molecular formula is C11H20O4. The lowest BCUT2D eigenvalue weighted by atomic mass is 9.90. The zero-order valence-corrected chi connectivity index (χ0v) is 9.87. The molecule has 1 aliphatic heterocycles. The molecule has 0 spiro atoms. The average molecular weight is 216 g/mol. The maximum Gasteiger partial charge on any atom is 0.311 e. The Balaban J connectivity index is 2.47. The number of aliphatic hydroxyl groups is 1. The van der Waals surface area contributed by atoms with Gasteiger partial charge in [0.25, 0.3) is 0 Å². The first-order valence-corrected chi connectivity index (χ1v) is 5.34. The second-order valence-corrected chi connectivity index (χ2v) is 4.95. The molecule has 1 aliphatic rings. The second-order valence-electron chi connectivity index (χ2n) is 4.95. The van der Waals surface area contributed by atoms with E-state index in [4.69, 9.17) is 9.47 Å². The van der Waals surface area contributed by atoms with Crippen molar-refractivity contribution in [1.29, 1.82) is 0 Å². The quantitative estimate of drug-likeness (QED) is 0.726. The van der Waals surface area contributed by atoms with Crippen LogP contribution in [0.25, 0.3) is 0 Å². The van der Waals surface area contributed by atoms with Crippen LogP contribution in [0.1, 0.15) is 40.5 Å². The summed E-state index contributed by atoms with van der Waals surface area (Å²) in [6.45, 7) is 7.50. The standard InChI is InChI=1S/C11H20O4/c1-5-10(2,3)9(12)15-8-6-11(4,13)14-7-8/h8,13H,5-7H2,1-4H3. The van der Waals surface area contributed by atoms with Gasteiger partial charge in [-0.3, -0.25) is 4.79 Å². The van der Waals surface area contributed by atoms with Crippen molar-refractivity contribution in [2.45, 2.75) is 52.4 Å². The minimum Gasteiger partial charge on any atom is -0.459 e. The molecule has 0 aromatic heterocycles. The molecule has 0 radical (unpaired) electrons. The number of carbonyl (C=O) groups excluding carboxylic acids is 1. The van der Waals surface area contributed by atoms with Gasteiger partial charge in [0.05, 0.1) is 12.0 Å². The second kappa shape index (κ2) is 4.10. The lowest BCUT2D eigenvalue weighted by Crippen LogP contribution is -2.31. The minimum atomic E-state index is -1.15. The van der Waals surface area contributed by atoms with Crippen molar-refractivity contribution in [3.8, 4) is 0 Å². The van der Waals surface area contributed by atoms with Gasteiger partial charge < -0.3 is 14.6 Å². The number of rotatable bonds is 3. The highest BCUT2D eigenvalue weighted by atomic mass is 16.7. The average Bonchev–Trinajstić information content (AvgIpc) is 2.45. The molecule has 0 aromatic carbocycles. The van der Waals surface area contributed by atoms with Crippen molar-refractivity contribution in [3.05, 3.63) is 0 Å². The Morgan fingerprint density at radius 3 is 2.67 bits per heavy atom. The maximum atomic E-state index is 11.7. The molecule has 88 valence electrons. The maximum absolute atomic E-state index is 11.7. The Hall–Kier alpha value is -0.610. The van der Waals surface area contributed by atoms with Gasteiger partial charge in [-0.1, -0.05) is 6.92 Å². The van der Waals surface area contributed by atoms with Crippen LogP contribution in [-0.4, -0.2) is 29.6 Å². The van der Waals surface area contributed by atoms with Crippen LogP contribution in [0, 0.1) is 5.41 Å². The highest BCUT2D eigenvalue weighted by Crippen LogP contribution is 2.28. The Labute approximate surface area is 90.6 Å². The summed E-state index contributed by atoms with van der Waals surface area (Å²) < 4.78 is 10.4. The number of ether oxygens (including phenoxy) is 2. The molecule has 1 saturated heterocycles. The van der Waals surface area contributed by atoms with Crippen molar-refractivity contribution in [3.63, 3.8) is 0 Å². The van der Waals surface area contributed by atoms with Crippen LogP contribution in [-0.2, 0) is 14.3 Å². The molecule has 0 aromatic rings. The first-order chi connectivity index (χ1) is 6.77. The minimum absolute atomic E-state index is 0.226. The molecule has 0 amide bonds.